The molecule has 0 aliphatic carbocycles. The predicted molar refractivity (Wildman–Crippen MR) is 124 cm³/mol. The normalized spacial score (nSPS) is 11.2. The van der Waals surface area contributed by atoms with E-state index >= 15 is 0 Å². The molecule has 1 rings (SSSR count). The molecule has 27 heavy (non-hydrogen) atoms. The first kappa shape index (κ1) is 25.9. The van der Waals surface area contributed by atoms with Crippen LogP contribution in [0.4, 0.5) is 0 Å². The number of halogens is 1. The van der Waals surface area contributed by atoms with Gasteiger partial charge in [0.15, 0.2) is 5.96 Å². The van der Waals surface area contributed by atoms with Gasteiger partial charge in [-0.2, -0.15) is 0 Å². The van der Waals surface area contributed by atoms with Gasteiger partial charge in [-0.05, 0) is 44.1 Å². The zero-order valence-electron chi connectivity index (χ0n) is 17.3. The zero-order chi connectivity index (χ0) is 19.0. The third kappa shape index (κ3) is 12.1. The molecule has 0 saturated carbocycles. The number of nitrogens with one attached hydrogen (secondary N) is 2. The van der Waals surface area contributed by atoms with E-state index in [-0.39, 0.29) is 24.0 Å². The van der Waals surface area contributed by atoms with Gasteiger partial charge < -0.3 is 25.0 Å². The second-order valence-corrected chi connectivity index (χ2v) is 5.94. The van der Waals surface area contributed by atoms with Gasteiger partial charge in [0.1, 0.15) is 5.75 Å². The van der Waals surface area contributed by atoms with Crippen LogP contribution in [0.15, 0.2) is 29.3 Å². The molecule has 0 bridgehead atoms. The number of hydrogen-bond donors (Lipinski definition) is 2. The first-order valence-electron chi connectivity index (χ1n) is 9.68. The van der Waals surface area contributed by atoms with Crippen LogP contribution >= 0.6 is 24.0 Å². The van der Waals surface area contributed by atoms with Crippen molar-refractivity contribution in [3.8, 4) is 5.75 Å². The third-order valence-electron chi connectivity index (χ3n) is 4.16. The maximum atomic E-state index is 5.39. The molecule has 0 fully saturated rings. The summed E-state index contributed by atoms with van der Waals surface area (Å²) in [4.78, 5) is 7.10. The van der Waals surface area contributed by atoms with E-state index in [4.69, 9.17) is 14.5 Å². The van der Waals surface area contributed by atoms with Crippen LogP contribution in [-0.4, -0.2) is 63.9 Å². The molecule has 1 aromatic rings. The van der Waals surface area contributed by atoms with E-state index in [9.17, 15) is 0 Å². The van der Waals surface area contributed by atoms with Crippen molar-refractivity contribution < 1.29 is 9.47 Å². The predicted octanol–water partition coefficient (Wildman–Crippen LogP) is 3.12. The van der Waals surface area contributed by atoms with Crippen molar-refractivity contribution >= 4 is 29.9 Å². The SMILES string of the molecule is CCOCCCNC(=NCc1ccc(OC)cc1)NCCN(CC)CC.I. The molecule has 1 aromatic carbocycles. The Kier molecular flexibility index (Phi) is 16.4. The highest BCUT2D eigenvalue weighted by molar-refractivity contribution is 14.0. The van der Waals surface area contributed by atoms with Crippen molar-refractivity contribution in [2.24, 2.45) is 4.99 Å². The van der Waals surface area contributed by atoms with Crippen molar-refractivity contribution in [3.63, 3.8) is 0 Å². The van der Waals surface area contributed by atoms with Crippen molar-refractivity contribution in [2.75, 3.05) is 53.0 Å². The second kappa shape index (κ2) is 17.1. The Labute approximate surface area is 182 Å². The first-order chi connectivity index (χ1) is 12.7. The van der Waals surface area contributed by atoms with Gasteiger partial charge in [0, 0.05) is 32.8 Å². The summed E-state index contributed by atoms with van der Waals surface area (Å²) in [5.74, 6) is 1.72. The molecule has 0 heterocycles. The van der Waals surface area contributed by atoms with Gasteiger partial charge in [-0.25, -0.2) is 4.99 Å². The molecule has 2 N–H and O–H groups in total. The highest BCUT2D eigenvalue weighted by Crippen LogP contribution is 2.11. The molecule has 0 spiro atoms. The smallest absolute Gasteiger partial charge is 0.191 e. The number of benzene rings is 1. The second-order valence-electron chi connectivity index (χ2n) is 5.94. The van der Waals surface area contributed by atoms with Gasteiger partial charge in [0.2, 0.25) is 0 Å². The van der Waals surface area contributed by atoms with Gasteiger partial charge in [0.25, 0.3) is 0 Å². The molecular formula is C20H37IN4O2. The Morgan fingerprint density at radius 3 is 2.30 bits per heavy atom. The van der Waals surface area contributed by atoms with Gasteiger partial charge >= 0.3 is 0 Å². The maximum Gasteiger partial charge on any atom is 0.191 e. The summed E-state index contributed by atoms with van der Waals surface area (Å²) in [7, 11) is 1.68. The van der Waals surface area contributed by atoms with Crippen LogP contribution in [0.25, 0.3) is 0 Å². The molecular weight excluding hydrogens is 455 g/mol. The summed E-state index contributed by atoms with van der Waals surface area (Å²) >= 11 is 0. The average Bonchev–Trinajstić information content (AvgIpc) is 2.69. The molecule has 0 unspecified atom stereocenters. The van der Waals surface area contributed by atoms with E-state index in [2.05, 4.69) is 29.4 Å². The van der Waals surface area contributed by atoms with Crippen LogP contribution in [0.2, 0.25) is 0 Å². The fraction of sp³-hybridized carbons (Fsp3) is 0.650. The average molecular weight is 492 g/mol. The Hall–Kier alpha value is -1.06. The molecule has 0 amide bonds. The number of likely N-dealkylation sites (N-methyl/N-ethyl adjacent to an activating group) is 1. The molecule has 0 radical (unpaired) electrons. The van der Waals surface area contributed by atoms with Gasteiger partial charge in [-0.3, -0.25) is 0 Å². The number of nitrogens with zero attached hydrogens (tertiary/aromatic N) is 2. The summed E-state index contributed by atoms with van der Waals surface area (Å²) < 4.78 is 10.6. The lowest BCUT2D eigenvalue weighted by Gasteiger charge is -2.19. The molecule has 0 atom stereocenters. The number of guanidine groups is 1. The summed E-state index contributed by atoms with van der Waals surface area (Å²) in [5, 5.41) is 6.83. The molecule has 6 nitrogen and oxygen atoms in total. The van der Waals surface area contributed by atoms with Crippen molar-refractivity contribution in [3.05, 3.63) is 29.8 Å². The summed E-state index contributed by atoms with van der Waals surface area (Å²) in [5.41, 5.74) is 1.16. The monoisotopic (exact) mass is 492 g/mol. The van der Waals surface area contributed by atoms with Crippen LogP contribution in [0.1, 0.15) is 32.8 Å². The number of methoxy groups -OCH3 is 1. The first-order valence-corrected chi connectivity index (χ1v) is 9.68. The summed E-state index contributed by atoms with van der Waals surface area (Å²) in [6.45, 7) is 13.4. The van der Waals surface area contributed by atoms with Crippen molar-refractivity contribution in [1.29, 1.82) is 0 Å². The minimum absolute atomic E-state index is 0. The standard InChI is InChI=1S/C20H36N4O2.HI/c1-5-24(6-2)15-14-22-20(21-13-8-16-26-7-3)23-17-18-9-11-19(25-4)12-10-18;/h9-12H,5-8,13-17H2,1-4H3,(H2,21,22,23);1H. The Bertz CT molecular complexity index is 493. The van der Waals surface area contributed by atoms with Crippen LogP contribution in [0.3, 0.4) is 0 Å². The molecule has 156 valence electrons. The number of rotatable bonds is 13. The van der Waals surface area contributed by atoms with Gasteiger partial charge in [-0.15, -0.1) is 24.0 Å². The van der Waals surface area contributed by atoms with Crippen LogP contribution in [-0.2, 0) is 11.3 Å². The lowest BCUT2D eigenvalue weighted by Crippen LogP contribution is -2.42. The Balaban J connectivity index is 0.00000676. The topological polar surface area (TPSA) is 58.1 Å². The van der Waals surface area contributed by atoms with E-state index in [1.54, 1.807) is 7.11 Å². The molecule has 7 heteroatoms. The highest BCUT2D eigenvalue weighted by atomic mass is 127. The minimum Gasteiger partial charge on any atom is -0.497 e. The lowest BCUT2D eigenvalue weighted by atomic mass is 10.2. The zero-order valence-corrected chi connectivity index (χ0v) is 19.6. The third-order valence-corrected chi connectivity index (χ3v) is 4.16. The van der Waals surface area contributed by atoms with E-state index in [1.807, 2.05) is 31.2 Å². The highest BCUT2D eigenvalue weighted by Gasteiger charge is 2.02. The summed E-state index contributed by atoms with van der Waals surface area (Å²) in [6.07, 6.45) is 0.965. The molecule has 0 aromatic heterocycles. The van der Waals surface area contributed by atoms with Crippen LogP contribution in [0.5, 0.6) is 5.75 Å². The van der Waals surface area contributed by atoms with E-state index in [0.717, 1.165) is 69.6 Å². The van der Waals surface area contributed by atoms with Gasteiger partial charge in [-0.1, -0.05) is 26.0 Å². The Morgan fingerprint density at radius 1 is 1.04 bits per heavy atom. The largest absolute Gasteiger partial charge is 0.497 e. The number of hydrogen-bond acceptors (Lipinski definition) is 4. The van der Waals surface area contributed by atoms with Crippen LogP contribution in [0, 0.1) is 0 Å². The van der Waals surface area contributed by atoms with E-state index < -0.39 is 0 Å². The van der Waals surface area contributed by atoms with Gasteiger partial charge in [0.05, 0.1) is 13.7 Å². The fourth-order valence-corrected chi connectivity index (χ4v) is 2.47. The van der Waals surface area contributed by atoms with Crippen molar-refractivity contribution in [2.45, 2.75) is 33.7 Å². The molecule has 0 aliphatic heterocycles. The number of ether oxygens (including phenoxy) is 2. The van der Waals surface area contributed by atoms with E-state index in [1.165, 1.54) is 0 Å². The number of aliphatic imine (C=N–C) groups is 1. The summed E-state index contributed by atoms with van der Waals surface area (Å²) in [6, 6.07) is 8.03. The molecule has 0 saturated heterocycles. The lowest BCUT2D eigenvalue weighted by molar-refractivity contribution is 0.145. The van der Waals surface area contributed by atoms with Crippen LogP contribution < -0.4 is 15.4 Å². The van der Waals surface area contributed by atoms with Crippen molar-refractivity contribution in [1.82, 2.24) is 15.5 Å². The Morgan fingerprint density at radius 2 is 1.70 bits per heavy atom. The fourth-order valence-electron chi connectivity index (χ4n) is 2.47. The molecule has 0 aliphatic rings. The quantitative estimate of drug-likeness (QED) is 0.192. The minimum atomic E-state index is 0. The maximum absolute atomic E-state index is 5.39. The van der Waals surface area contributed by atoms with E-state index in [0.29, 0.717) is 6.54 Å².